The molecule has 2 aromatic heterocycles. The summed E-state index contributed by atoms with van der Waals surface area (Å²) in [6.07, 6.45) is 3.60. The van der Waals surface area contributed by atoms with Crippen molar-refractivity contribution in [2.24, 2.45) is 12.9 Å². The highest BCUT2D eigenvalue weighted by molar-refractivity contribution is 5.56. The molecule has 0 spiro atoms. The molecule has 0 saturated heterocycles. The highest BCUT2D eigenvalue weighted by Crippen LogP contribution is 2.20. The molecule has 0 aliphatic heterocycles. The van der Waals surface area contributed by atoms with Crippen LogP contribution in [0.2, 0.25) is 0 Å². The molecule has 0 bridgehead atoms. The van der Waals surface area contributed by atoms with Crippen LogP contribution in [0.1, 0.15) is 30.4 Å². The van der Waals surface area contributed by atoms with Gasteiger partial charge in [-0.1, -0.05) is 6.92 Å². The molecule has 0 unspecified atom stereocenters. The number of anilines is 2. The first-order valence-electron chi connectivity index (χ1n) is 6.70. The lowest BCUT2D eigenvalue weighted by atomic mass is 10.2. The maximum atomic E-state index is 5.52. The van der Waals surface area contributed by atoms with Crippen molar-refractivity contribution in [3.8, 4) is 0 Å². The molecule has 4 N–H and O–H groups in total. The van der Waals surface area contributed by atoms with E-state index in [0.717, 1.165) is 35.7 Å². The number of nitrogen functional groups attached to an aromatic ring is 1. The van der Waals surface area contributed by atoms with Gasteiger partial charge in [-0.3, -0.25) is 4.68 Å². The summed E-state index contributed by atoms with van der Waals surface area (Å²) in [6, 6.07) is 1.97. The first-order valence-corrected chi connectivity index (χ1v) is 6.70. The van der Waals surface area contributed by atoms with Crippen LogP contribution in [0.3, 0.4) is 0 Å². The van der Waals surface area contributed by atoms with E-state index in [1.807, 2.05) is 24.7 Å². The van der Waals surface area contributed by atoms with Crippen molar-refractivity contribution >= 4 is 11.6 Å². The number of nitrogens with one attached hydrogen (secondary N) is 2. The Kier molecular flexibility index (Phi) is 4.52. The summed E-state index contributed by atoms with van der Waals surface area (Å²) in [6.45, 7) is 4.70. The summed E-state index contributed by atoms with van der Waals surface area (Å²) >= 11 is 0. The number of rotatable bonds is 6. The molecule has 0 amide bonds. The van der Waals surface area contributed by atoms with Gasteiger partial charge < -0.3 is 10.7 Å². The van der Waals surface area contributed by atoms with Crippen LogP contribution in [0.4, 0.5) is 11.6 Å². The SMILES string of the molecule is CCCc1nc(NN)c(C)c(NCc2ccnn2C)n1. The summed E-state index contributed by atoms with van der Waals surface area (Å²) in [4.78, 5) is 8.95. The van der Waals surface area contributed by atoms with E-state index in [1.54, 1.807) is 6.20 Å². The van der Waals surface area contributed by atoms with Gasteiger partial charge in [-0.15, -0.1) is 0 Å². The largest absolute Gasteiger partial charge is 0.364 e. The molecule has 2 aromatic rings. The van der Waals surface area contributed by atoms with Crippen molar-refractivity contribution in [3.05, 3.63) is 29.3 Å². The van der Waals surface area contributed by atoms with Gasteiger partial charge in [0.1, 0.15) is 17.5 Å². The minimum absolute atomic E-state index is 0.657. The van der Waals surface area contributed by atoms with E-state index in [4.69, 9.17) is 5.84 Å². The molecule has 20 heavy (non-hydrogen) atoms. The van der Waals surface area contributed by atoms with E-state index in [9.17, 15) is 0 Å². The molecule has 0 aliphatic rings. The van der Waals surface area contributed by atoms with Crippen LogP contribution < -0.4 is 16.6 Å². The van der Waals surface area contributed by atoms with Crippen LogP contribution in [-0.4, -0.2) is 19.7 Å². The van der Waals surface area contributed by atoms with Gasteiger partial charge in [-0.2, -0.15) is 5.10 Å². The lowest BCUT2D eigenvalue weighted by Gasteiger charge is -2.13. The molecule has 7 nitrogen and oxygen atoms in total. The van der Waals surface area contributed by atoms with Gasteiger partial charge in [0, 0.05) is 25.2 Å². The zero-order valence-corrected chi connectivity index (χ0v) is 12.1. The fraction of sp³-hybridized carbons (Fsp3) is 0.462. The average Bonchev–Trinajstić information content (AvgIpc) is 2.84. The number of nitrogens with two attached hydrogens (primary N) is 1. The molecule has 0 radical (unpaired) electrons. The predicted octanol–water partition coefficient (Wildman–Crippen LogP) is 1.37. The quantitative estimate of drug-likeness (QED) is 0.544. The van der Waals surface area contributed by atoms with Crippen molar-refractivity contribution in [1.29, 1.82) is 0 Å². The number of aryl methyl sites for hydroxylation is 2. The van der Waals surface area contributed by atoms with Gasteiger partial charge in [-0.05, 0) is 19.4 Å². The molecule has 0 saturated carbocycles. The standard InChI is InChI=1S/C13H21N7/c1-4-5-11-17-12(9(2)13(18-11)19-14)15-8-10-6-7-16-20(10)3/h6-7H,4-5,8,14H2,1-3H3,(H2,15,17,18,19). The smallest absolute Gasteiger partial charge is 0.148 e. The van der Waals surface area contributed by atoms with Crippen LogP contribution in [0, 0.1) is 6.92 Å². The second-order valence-corrected chi connectivity index (χ2v) is 4.66. The average molecular weight is 275 g/mol. The molecule has 0 atom stereocenters. The topological polar surface area (TPSA) is 93.7 Å². The number of aromatic nitrogens is 4. The molecule has 2 rings (SSSR count). The number of hydrogen-bond donors (Lipinski definition) is 3. The van der Waals surface area contributed by atoms with E-state index in [-0.39, 0.29) is 0 Å². The van der Waals surface area contributed by atoms with Crippen molar-refractivity contribution < 1.29 is 0 Å². The summed E-state index contributed by atoms with van der Waals surface area (Å²) in [5, 5.41) is 7.47. The Morgan fingerprint density at radius 3 is 2.65 bits per heavy atom. The molecule has 2 heterocycles. The third kappa shape index (κ3) is 3.05. The van der Waals surface area contributed by atoms with Crippen LogP contribution in [0.5, 0.6) is 0 Å². The summed E-state index contributed by atoms with van der Waals surface area (Å²) in [5.41, 5.74) is 4.63. The normalized spacial score (nSPS) is 10.6. The second-order valence-electron chi connectivity index (χ2n) is 4.66. The molecule has 0 fully saturated rings. The Bertz CT molecular complexity index is 576. The van der Waals surface area contributed by atoms with Crippen molar-refractivity contribution in [1.82, 2.24) is 19.7 Å². The fourth-order valence-electron chi connectivity index (χ4n) is 1.96. The Morgan fingerprint density at radius 1 is 1.30 bits per heavy atom. The Labute approximate surface area is 118 Å². The first-order chi connectivity index (χ1) is 9.65. The van der Waals surface area contributed by atoms with Gasteiger partial charge in [0.2, 0.25) is 0 Å². The molecule has 108 valence electrons. The third-order valence-corrected chi connectivity index (χ3v) is 3.16. The minimum Gasteiger partial charge on any atom is -0.364 e. The van der Waals surface area contributed by atoms with Gasteiger partial charge in [0.15, 0.2) is 0 Å². The first kappa shape index (κ1) is 14.3. The fourth-order valence-corrected chi connectivity index (χ4v) is 1.96. The van der Waals surface area contributed by atoms with Gasteiger partial charge >= 0.3 is 0 Å². The minimum atomic E-state index is 0.657. The predicted molar refractivity (Wildman–Crippen MR) is 79.1 cm³/mol. The summed E-state index contributed by atoms with van der Waals surface area (Å²) in [5.74, 6) is 7.77. The Balaban J connectivity index is 2.21. The third-order valence-electron chi connectivity index (χ3n) is 3.16. The zero-order chi connectivity index (χ0) is 14.5. The van der Waals surface area contributed by atoms with E-state index in [2.05, 4.69) is 32.7 Å². The molecule has 0 aromatic carbocycles. The Morgan fingerprint density at radius 2 is 2.05 bits per heavy atom. The number of hydrogen-bond acceptors (Lipinski definition) is 6. The van der Waals surface area contributed by atoms with E-state index in [1.165, 1.54) is 0 Å². The highest BCUT2D eigenvalue weighted by atomic mass is 15.3. The van der Waals surface area contributed by atoms with Crippen LogP contribution in [0.25, 0.3) is 0 Å². The van der Waals surface area contributed by atoms with Crippen LogP contribution >= 0.6 is 0 Å². The van der Waals surface area contributed by atoms with Crippen molar-refractivity contribution in [3.63, 3.8) is 0 Å². The molecule has 7 heteroatoms. The van der Waals surface area contributed by atoms with Crippen molar-refractivity contribution in [2.75, 3.05) is 10.7 Å². The lowest BCUT2D eigenvalue weighted by Crippen LogP contribution is -2.15. The molecular formula is C13H21N7. The van der Waals surface area contributed by atoms with Gasteiger partial charge in [-0.25, -0.2) is 15.8 Å². The monoisotopic (exact) mass is 275 g/mol. The number of nitrogens with zero attached hydrogens (tertiary/aromatic N) is 4. The summed E-state index contributed by atoms with van der Waals surface area (Å²) in [7, 11) is 1.92. The van der Waals surface area contributed by atoms with E-state index in [0.29, 0.717) is 12.4 Å². The highest BCUT2D eigenvalue weighted by Gasteiger charge is 2.10. The van der Waals surface area contributed by atoms with Crippen LogP contribution in [0.15, 0.2) is 12.3 Å². The van der Waals surface area contributed by atoms with Crippen molar-refractivity contribution in [2.45, 2.75) is 33.2 Å². The number of hydrazine groups is 1. The van der Waals surface area contributed by atoms with E-state index >= 15 is 0 Å². The van der Waals surface area contributed by atoms with Gasteiger partial charge in [0.25, 0.3) is 0 Å². The van der Waals surface area contributed by atoms with E-state index < -0.39 is 0 Å². The Hall–Kier alpha value is -2.15. The molecule has 0 aliphatic carbocycles. The molecular weight excluding hydrogens is 254 g/mol. The zero-order valence-electron chi connectivity index (χ0n) is 12.1. The second kappa shape index (κ2) is 6.33. The van der Waals surface area contributed by atoms with Gasteiger partial charge in [0.05, 0.1) is 12.2 Å². The lowest BCUT2D eigenvalue weighted by molar-refractivity contribution is 0.719. The maximum Gasteiger partial charge on any atom is 0.148 e. The maximum absolute atomic E-state index is 5.52. The van der Waals surface area contributed by atoms with Crippen LogP contribution in [-0.2, 0) is 20.0 Å². The summed E-state index contributed by atoms with van der Waals surface area (Å²) < 4.78 is 1.83.